The highest BCUT2D eigenvalue weighted by Gasteiger charge is 2.21. The molecular weight excluding hydrogens is 162 g/mol. The van der Waals surface area contributed by atoms with Crippen molar-refractivity contribution in [1.29, 1.82) is 5.26 Å². The van der Waals surface area contributed by atoms with Gasteiger partial charge in [-0.25, -0.2) is 4.79 Å². The van der Waals surface area contributed by atoms with Gasteiger partial charge < -0.3 is 9.47 Å². The molecule has 5 nitrogen and oxygen atoms in total. The van der Waals surface area contributed by atoms with Crippen LogP contribution in [-0.2, 0) is 19.1 Å². The fourth-order valence-electron chi connectivity index (χ4n) is 0.511. The molecule has 0 aromatic rings. The summed E-state index contributed by atoms with van der Waals surface area (Å²) < 4.78 is 8.80. The zero-order valence-corrected chi connectivity index (χ0v) is 6.86. The van der Waals surface area contributed by atoms with Crippen molar-refractivity contribution in [3.05, 3.63) is 0 Å². The Morgan fingerprint density at radius 3 is 2.50 bits per heavy atom. The number of esters is 2. The summed E-state index contributed by atoms with van der Waals surface area (Å²) in [4.78, 5) is 21.1. The number of nitrogens with zero attached hydrogens (tertiary/aromatic N) is 1. The molecule has 0 heterocycles. The van der Waals surface area contributed by atoms with Crippen molar-refractivity contribution in [3.8, 4) is 6.07 Å². The fraction of sp³-hybridized carbons (Fsp3) is 0.571. The molecule has 0 aliphatic rings. The Morgan fingerprint density at radius 1 is 1.58 bits per heavy atom. The summed E-state index contributed by atoms with van der Waals surface area (Å²) in [6, 6.07) is 1.50. The average Bonchev–Trinajstić information content (AvgIpc) is 2.00. The number of nitriles is 1. The predicted molar refractivity (Wildman–Crippen MR) is 37.8 cm³/mol. The van der Waals surface area contributed by atoms with E-state index >= 15 is 0 Å². The van der Waals surface area contributed by atoms with Gasteiger partial charge in [-0.15, -0.1) is 0 Å². The first-order chi connectivity index (χ1) is 5.61. The summed E-state index contributed by atoms with van der Waals surface area (Å²) in [6.45, 7) is 2.86. The summed E-state index contributed by atoms with van der Waals surface area (Å²) in [7, 11) is 0. The van der Waals surface area contributed by atoms with Crippen LogP contribution in [0.15, 0.2) is 0 Å². The first-order valence-corrected chi connectivity index (χ1v) is 3.35. The molecule has 5 heteroatoms. The van der Waals surface area contributed by atoms with Gasteiger partial charge in [-0.3, -0.25) is 4.79 Å². The Morgan fingerprint density at radius 2 is 2.17 bits per heavy atom. The van der Waals surface area contributed by atoms with Gasteiger partial charge >= 0.3 is 11.9 Å². The summed E-state index contributed by atoms with van der Waals surface area (Å²) in [5.74, 6) is -1.52. The third-order valence-electron chi connectivity index (χ3n) is 0.902. The van der Waals surface area contributed by atoms with Crippen LogP contribution in [0.3, 0.4) is 0 Å². The molecule has 0 aliphatic heterocycles. The minimum Gasteiger partial charge on any atom is -0.462 e. The normalized spacial score (nSPS) is 11.1. The maximum atomic E-state index is 10.8. The summed E-state index contributed by atoms with van der Waals surface area (Å²) >= 11 is 0. The van der Waals surface area contributed by atoms with E-state index in [1.165, 1.54) is 6.07 Å². The minimum atomic E-state index is -1.44. The molecule has 12 heavy (non-hydrogen) atoms. The topological polar surface area (TPSA) is 76.4 Å². The van der Waals surface area contributed by atoms with Gasteiger partial charge in [0.05, 0.1) is 6.61 Å². The van der Waals surface area contributed by atoms with E-state index in [0.717, 1.165) is 6.92 Å². The zero-order chi connectivity index (χ0) is 9.56. The molecule has 0 radical (unpaired) electrons. The van der Waals surface area contributed by atoms with Gasteiger partial charge in [0, 0.05) is 6.92 Å². The van der Waals surface area contributed by atoms with Crippen LogP contribution >= 0.6 is 0 Å². The second-order valence-electron chi connectivity index (χ2n) is 1.87. The number of hydrogen-bond donors (Lipinski definition) is 0. The van der Waals surface area contributed by atoms with Crippen molar-refractivity contribution in [3.63, 3.8) is 0 Å². The van der Waals surface area contributed by atoms with Crippen LogP contribution in [0.1, 0.15) is 13.8 Å². The van der Waals surface area contributed by atoms with E-state index < -0.39 is 18.0 Å². The molecule has 0 rings (SSSR count). The molecule has 0 saturated heterocycles. The fourth-order valence-corrected chi connectivity index (χ4v) is 0.511. The van der Waals surface area contributed by atoms with Crippen LogP contribution in [0, 0.1) is 11.3 Å². The van der Waals surface area contributed by atoms with Crippen molar-refractivity contribution in [1.82, 2.24) is 0 Å². The van der Waals surface area contributed by atoms with E-state index in [0.29, 0.717) is 0 Å². The summed E-state index contributed by atoms with van der Waals surface area (Å²) in [5, 5.41) is 8.34. The Kier molecular flexibility index (Phi) is 4.46. The number of ether oxygens (including phenoxy) is 2. The lowest BCUT2D eigenvalue weighted by molar-refractivity contribution is -0.162. The van der Waals surface area contributed by atoms with Crippen molar-refractivity contribution >= 4 is 11.9 Å². The molecule has 1 unspecified atom stereocenters. The molecule has 66 valence electrons. The van der Waals surface area contributed by atoms with Crippen molar-refractivity contribution in [2.45, 2.75) is 20.0 Å². The molecule has 0 aliphatic carbocycles. The molecule has 0 spiro atoms. The van der Waals surface area contributed by atoms with Gasteiger partial charge in [0.25, 0.3) is 6.10 Å². The maximum Gasteiger partial charge on any atom is 0.362 e. The Labute approximate surface area is 69.9 Å². The number of carbonyl (C=O) groups is 2. The van der Waals surface area contributed by atoms with E-state index in [9.17, 15) is 9.59 Å². The summed E-state index contributed by atoms with van der Waals surface area (Å²) in [5.41, 5.74) is 0. The third-order valence-corrected chi connectivity index (χ3v) is 0.902. The molecule has 1 atom stereocenters. The molecule has 0 N–H and O–H groups in total. The number of rotatable bonds is 3. The van der Waals surface area contributed by atoms with E-state index in [2.05, 4.69) is 9.47 Å². The summed E-state index contributed by atoms with van der Waals surface area (Å²) in [6.07, 6.45) is -1.44. The van der Waals surface area contributed by atoms with Gasteiger partial charge in [-0.2, -0.15) is 5.26 Å². The van der Waals surface area contributed by atoms with Crippen molar-refractivity contribution in [2.75, 3.05) is 6.61 Å². The molecule has 0 fully saturated rings. The third kappa shape index (κ3) is 3.56. The van der Waals surface area contributed by atoms with E-state index in [1.54, 1.807) is 6.92 Å². The average molecular weight is 171 g/mol. The highest BCUT2D eigenvalue weighted by atomic mass is 16.6. The van der Waals surface area contributed by atoms with Crippen LogP contribution in [0.4, 0.5) is 0 Å². The van der Waals surface area contributed by atoms with Crippen LogP contribution < -0.4 is 0 Å². The second kappa shape index (κ2) is 5.13. The Balaban J connectivity index is 4.08. The van der Waals surface area contributed by atoms with Gasteiger partial charge in [0.2, 0.25) is 0 Å². The molecule has 0 saturated carbocycles. The molecule has 0 aromatic heterocycles. The standard InChI is InChI=1S/C7H9NO4/c1-3-11-7(10)6(4-8)12-5(2)9/h6H,3H2,1-2H3. The lowest BCUT2D eigenvalue weighted by Crippen LogP contribution is -2.26. The monoisotopic (exact) mass is 171 g/mol. The Hall–Kier alpha value is -1.57. The quantitative estimate of drug-likeness (QED) is 0.559. The zero-order valence-electron chi connectivity index (χ0n) is 6.86. The van der Waals surface area contributed by atoms with Gasteiger partial charge in [0.15, 0.2) is 0 Å². The largest absolute Gasteiger partial charge is 0.462 e. The van der Waals surface area contributed by atoms with Gasteiger partial charge in [-0.1, -0.05) is 0 Å². The second-order valence-corrected chi connectivity index (χ2v) is 1.87. The van der Waals surface area contributed by atoms with Gasteiger partial charge in [0.1, 0.15) is 6.07 Å². The van der Waals surface area contributed by atoms with E-state index in [1.807, 2.05) is 0 Å². The smallest absolute Gasteiger partial charge is 0.362 e. The first kappa shape index (κ1) is 10.4. The lowest BCUT2D eigenvalue weighted by atomic mass is 10.4. The Bertz CT molecular complexity index is 218. The molecular formula is C7H9NO4. The van der Waals surface area contributed by atoms with Crippen LogP contribution in [-0.4, -0.2) is 24.6 Å². The highest BCUT2D eigenvalue weighted by Crippen LogP contribution is 1.94. The van der Waals surface area contributed by atoms with Crippen molar-refractivity contribution < 1.29 is 19.1 Å². The van der Waals surface area contributed by atoms with Crippen LogP contribution in [0.25, 0.3) is 0 Å². The predicted octanol–water partition coefficient (Wildman–Crippen LogP) is 0.00478. The van der Waals surface area contributed by atoms with Crippen LogP contribution in [0.2, 0.25) is 0 Å². The van der Waals surface area contributed by atoms with E-state index in [4.69, 9.17) is 5.26 Å². The first-order valence-electron chi connectivity index (χ1n) is 3.35. The number of carbonyl (C=O) groups excluding carboxylic acids is 2. The van der Waals surface area contributed by atoms with Crippen molar-refractivity contribution in [2.24, 2.45) is 0 Å². The molecule has 0 aromatic carbocycles. The van der Waals surface area contributed by atoms with Crippen LogP contribution in [0.5, 0.6) is 0 Å². The SMILES string of the molecule is CCOC(=O)C(C#N)OC(C)=O. The molecule has 0 bridgehead atoms. The number of hydrogen-bond acceptors (Lipinski definition) is 5. The van der Waals surface area contributed by atoms with E-state index in [-0.39, 0.29) is 6.61 Å². The van der Waals surface area contributed by atoms with Gasteiger partial charge in [-0.05, 0) is 6.92 Å². The lowest BCUT2D eigenvalue weighted by Gasteiger charge is -2.07. The molecule has 0 amide bonds. The minimum absolute atomic E-state index is 0.151. The highest BCUT2D eigenvalue weighted by molar-refractivity contribution is 5.81. The maximum absolute atomic E-state index is 10.8.